The van der Waals surface area contributed by atoms with Crippen LogP contribution in [0.2, 0.25) is 0 Å². The van der Waals surface area contributed by atoms with E-state index >= 15 is 0 Å². The van der Waals surface area contributed by atoms with Crippen molar-refractivity contribution in [3.8, 4) is 22.6 Å². The number of nitrogens with zero attached hydrogens (tertiary/aromatic N) is 4. The standard InChI is InChI=1S/C34H33N5O6S2/c35-33-36-21-25-3-2-24(19-28(25)37-33)23-6-9-29(45-17-13-38-11-15-43-16-12-38)26(18-23)20-30-31(40)39(34(46)47-30)10-1-14-44-27-7-4-22(5-8-27)32(41)42/h2-9,18-21H,1,10-17H2,(H,41,42)(H2,35,36,37)/b30-20-. The van der Waals surface area contributed by atoms with Crippen molar-refractivity contribution < 1.29 is 28.9 Å². The van der Waals surface area contributed by atoms with Gasteiger partial charge in [-0.25, -0.2) is 14.8 Å². The highest BCUT2D eigenvalue weighted by Crippen LogP contribution is 2.36. The fourth-order valence-corrected chi connectivity index (χ4v) is 6.54. The van der Waals surface area contributed by atoms with Crippen molar-refractivity contribution in [3.05, 3.63) is 82.9 Å². The number of hydrogen-bond donors (Lipinski definition) is 2. The molecule has 2 aliphatic rings. The van der Waals surface area contributed by atoms with E-state index in [2.05, 4.69) is 14.9 Å². The molecule has 6 rings (SSSR count). The van der Waals surface area contributed by atoms with Gasteiger partial charge in [0, 0.05) is 43.3 Å². The number of thiocarbonyl (C=S) groups is 1. The lowest BCUT2D eigenvalue weighted by molar-refractivity contribution is -0.122. The van der Waals surface area contributed by atoms with E-state index in [-0.39, 0.29) is 17.4 Å². The minimum Gasteiger partial charge on any atom is -0.494 e. The molecule has 0 bridgehead atoms. The number of carbonyl (C=O) groups excluding carboxylic acids is 1. The molecule has 0 atom stereocenters. The lowest BCUT2D eigenvalue weighted by Crippen LogP contribution is -2.38. The van der Waals surface area contributed by atoms with Crippen LogP contribution in [-0.2, 0) is 9.53 Å². The molecule has 13 heteroatoms. The van der Waals surface area contributed by atoms with Crippen LogP contribution in [-0.4, -0.2) is 93.7 Å². The summed E-state index contributed by atoms with van der Waals surface area (Å²) in [7, 11) is 0. The molecule has 3 aromatic carbocycles. The molecule has 11 nitrogen and oxygen atoms in total. The fraction of sp³-hybridized carbons (Fsp3) is 0.265. The second-order valence-electron chi connectivity index (χ2n) is 10.9. The largest absolute Gasteiger partial charge is 0.494 e. The van der Waals surface area contributed by atoms with Crippen LogP contribution in [0.15, 0.2) is 71.8 Å². The van der Waals surface area contributed by atoms with Crippen molar-refractivity contribution in [1.82, 2.24) is 19.8 Å². The van der Waals surface area contributed by atoms with Crippen LogP contribution < -0.4 is 15.2 Å². The molecule has 2 fully saturated rings. The lowest BCUT2D eigenvalue weighted by Gasteiger charge is -2.26. The van der Waals surface area contributed by atoms with Crippen LogP contribution >= 0.6 is 24.0 Å². The number of ether oxygens (including phenoxy) is 3. The van der Waals surface area contributed by atoms with Gasteiger partial charge in [0.05, 0.1) is 35.8 Å². The summed E-state index contributed by atoms with van der Waals surface area (Å²) in [5, 5.41) is 9.95. The zero-order valence-corrected chi connectivity index (χ0v) is 27.1. The first-order valence-corrected chi connectivity index (χ1v) is 16.4. The predicted octanol–water partition coefficient (Wildman–Crippen LogP) is 4.96. The first kappa shape index (κ1) is 32.4. The fourth-order valence-electron chi connectivity index (χ4n) is 5.24. The van der Waals surface area contributed by atoms with Gasteiger partial charge in [0.2, 0.25) is 5.95 Å². The summed E-state index contributed by atoms with van der Waals surface area (Å²) in [6, 6.07) is 18.1. The number of anilines is 1. The summed E-state index contributed by atoms with van der Waals surface area (Å²) in [6.45, 7) is 5.17. The molecule has 0 radical (unpaired) electrons. The molecule has 0 aliphatic carbocycles. The van der Waals surface area contributed by atoms with Crippen molar-refractivity contribution >= 4 is 63.1 Å². The first-order chi connectivity index (χ1) is 22.8. The van der Waals surface area contributed by atoms with Crippen molar-refractivity contribution in [2.45, 2.75) is 6.42 Å². The summed E-state index contributed by atoms with van der Waals surface area (Å²) < 4.78 is 18.0. The number of thioether (sulfide) groups is 1. The zero-order chi connectivity index (χ0) is 32.8. The molecule has 0 saturated carbocycles. The quantitative estimate of drug-likeness (QED) is 0.120. The molecular weight excluding hydrogens is 639 g/mol. The van der Waals surface area contributed by atoms with Gasteiger partial charge >= 0.3 is 5.97 Å². The third-order valence-electron chi connectivity index (χ3n) is 7.77. The van der Waals surface area contributed by atoms with Crippen LogP contribution in [0.1, 0.15) is 22.3 Å². The van der Waals surface area contributed by atoms with Crippen molar-refractivity contribution in [2.75, 3.05) is 58.3 Å². The van der Waals surface area contributed by atoms with Crippen LogP contribution in [0, 0.1) is 0 Å². The first-order valence-electron chi connectivity index (χ1n) is 15.2. The molecule has 4 aromatic rings. The maximum atomic E-state index is 13.5. The molecule has 0 unspecified atom stereocenters. The van der Waals surface area contributed by atoms with Gasteiger partial charge in [-0.15, -0.1) is 0 Å². The van der Waals surface area contributed by atoms with Crippen LogP contribution in [0.25, 0.3) is 28.1 Å². The Bertz CT molecular complexity index is 1830. The Morgan fingerprint density at radius 1 is 1.02 bits per heavy atom. The van der Waals surface area contributed by atoms with Gasteiger partial charge < -0.3 is 25.1 Å². The van der Waals surface area contributed by atoms with E-state index in [1.54, 1.807) is 23.2 Å². The number of carboxylic acids is 1. The Morgan fingerprint density at radius 2 is 1.79 bits per heavy atom. The van der Waals surface area contributed by atoms with E-state index in [4.69, 9.17) is 37.3 Å². The zero-order valence-electron chi connectivity index (χ0n) is 25.5. The topological polar surface area (TPSA) is 140 Å². The summed E-state index contributed by atoms with van der Waals surface area (Å²) in [6.07, 6.45) is 4.08. The number of aromatic nitrogens is 2. The van der Waals surface area contributed by atoms with Crippen LogP contribution in [0.4, 0.5) is 5.95 Å². The highest BCUT2D eigenvalue weighted by Gasteiger charge is 2.32. The van der Waals surface area contributed by atoms with E-state index in [0.717, 1.165) is 60.4 Å². The number of fused-ring (bicyclic) bond motifs is 1. The summed E-state index contributed by atoms with van der Waals surface area (Å²) >= 11 is 6.85. The van der Waals surface area contributed by atoms with E-state index in [0.29, 0.717) is 46.9 Å². The van der Waals surface area contributed by atoms with Gasteiger partial charge in [0.1, 0.15) is 22.4 Å². The maximum absolute atomic E-state index is 13.5. The molecule has 3 N–H and O–H groups in total. The van der Waals surface area contributed by atoms with Crippen molar-refractivity contribution in [1.29, 1.82) is 0 Å². The SMILES string of the molecule is Nc1ncc2ccc(-c3ccc(OCCN4CCOCC4)c(/C=C4\SC(=S)N(CCCOc5ccc(C(=O)O)cc5)C4=O)c3)cc2n1. The molecule has 242 valence electrons. The van der Waals surface area contributed by atoms with Gasteiger partial charge in [-0.3, -0.25) is 14.6 Å². The summed E-state index contributed by atoms with van der Waals surface area (Å²) in [4.78, 5) is 37.4. The number of aromatic carboxylic acids is 1. The van der Waals surface area contributed by atoms with E-state index < -0.39 is 5.97 Å². The monoisotopic (exact) mass is 671 g/mol. The third-order valence-corrected chi connectivity index (χ3v) is 9.15. The molecule has 47 heavy (non-hydrogen) atoms. The van der Waals surface area contributed by atoms with Crippen molar-refractivity contribution in [2.24, 2.45) is 0 Å². The number of carbonyl (C=O) groups is 2. The Hall–Kier alpha value is -4.56. The van der Waals surface area contributed by atoms with E-state index in [1.807, 2.05) is 42.5 Å². The van der Waals surface area contributed by atoms with Gasteiger partial charge in [-0.1, -0.05) is 42.2 Å². The Kier molecular flexibility index (Phi) is 10.3. The predicted molar refractivity (Wildman–Crippen MR) is 186 cm³/mol. The third kappa shape index (κ3) is 8.06. The summed E-state index contributed by atoms with van der Waals surface area (Å²) in [5.41, 5.74) is 9.40. The van der Waals surface area contributed by atoms with Gasteiger partial charge in [-0.2, -0.15) is 0 Å². The average molecular weight is 672 g/mol. The molecule has 2 aliphatic heterocycles. The molecule has 1 amide bonds. The second kappa shape index (κ2) is 14.9. The summed E-state index contributed by atoms with van der Waals surface area (Å²) in [5.74, 6) is 0.271. The molecule has 1 aromatic heterocycles. The molecular formula is C34H33N5O6S2. The number of morpholine rings is 1. The number of hydrogen-bond acceptors (Lipinski definition) is 11. The minimum absolute atomic E-state index is 0.173. The van der Waals surface area contributed by atoms with Gasteiger partial charge in [-0.05, 0) is 66.1 Å². The number of benzene rings is 3. The highest BCUT2D eigenvalue weighted by atomic mass is 32.2. The highest BCUT2D eigenvalue weighted by molar-refractivity contribution is 8.26. The number of nitrogens with two attached hydrogens (primary N) is 1. The minimum atomic E-state index is -0.994. The Morgan fingerprint density at radius 3 is 2.57 bits per heavy atom. The molecule has 0 spiro atoms. The van der Waals surface area contributed by atoms with Gasteiger partial charge in [0.25, 0.3) is 5.91 Å². The van der Waals surface area contributed by atoms with Crippen molar-refractivity contribution in [3.63, 3.8) is 0 Å². The van der Waals surface area contributed by atoms with Gasteiger partial charge in [0.15, 0.2) is 0 Å². The maximum Gasteiger partial charge on any atom is 0.335 e. The smallest absolute Gasteiger partial charge is 0.335 e. The Balaban J connectivity index is 1.18. The lowest BCUT2D eigenvalue weighted by atomic mass is 10.0. The number of amides is 1. The Labute approximate surface area is 281 Å². The normalized spacial score (nSPS) is 16.3. The second-order valence-corrected chi connectivity index (χ2v) is 12.6. The number of nitrogen functional groups attached to an aromatic ring is 1. The number of carboxylic acid groups (broad SMARTS) is 1. The van der Waals surface area contributed by atoms with E-state index in [9.17, 15) is 9.59 Å². The number of rotatable bonds is 12. The van der Waals surface area contributed by atoms with E-state index in [1.165, 1.54) is 23.9 Å². The molecule has 3 heterocycles. The van der Waals surface area contributed by atoms with Crippen LogP contribution in [0.5, 0.6) is 11.5 Å². The molecule has 2 saturated heterocycles. The average Bonchev–Trinajstić information content (AvgIpc) is 3.34. The van der Waals surface area contributed by atoms with Crippen LogP contribution in [0.3, 0.4) is 0 Å².